The lowest BCUT2D eigenvalue weighted by molar-refractivity contribution is -0.0148. The van der Waals surface area contributed by atoms with Gasteiger partial charge in [-0.2, -0.15) is 0 Å². The molecule has 0 radical (unpaired) electrons. The molecule has 1 aliphatic rings. The summed E-state index contributed by atoms with van der Waals surface area (Å²) in [6.45, 7) is 0. The van der Waals surface area contributed by atoms with Crippen molar-refractivity contribution in [2.75, 3.05) is 7.11 Å². The van der Waals surface area contributed by atoms with Crippen LogP contribution < -0.4 is 0 Å². The van der Waals surface area contributed by atoms with Crippen LogP contribution in [0.5, 0.6) is 0 Å². The van der Waals surface area contributed by atoms with Crippen molar-refractivity contribution >= 4 is 0 Å². The second-order valence-electron chi connectivity index (χ2n) is 2.98. The highest BCUT2D eigenvalue weighted by molar-refractivity contribution is 4.72. The van der Waals surface area contributed by atoms with E-state index in [1.807, 2.05) is 0 Å². The monoisotopic (exact) mass is 144 g/mol. The Balaban J connectivity index is 2.35. The number of methoxy groups -OCH3 is 1. The molecule has 1 aliphatic carbocycles. The van der Waals surface area contributed by atoms with E-state index in [9.17, 15) is 5.11 Å². The first-order chi connectivity index (χ1) is 4.84. The van der Waals surface area contributed by atoms with Gasteiger partial charge < -0.3 is 9.84 Å². The maximum atomic E-state index is 9.42. The van der Waals surface area contributed by atoms with E-state index in [1.54, 1.807) is 7.11 Å². The van der Waals surface area contributed by atoms with Crippen molar-refractivity contribution in [1.29, 1.82) is 0 Å². The smallest absolute Gasteiger partial charge is 0.0830 e. The van der Waals surface area contributed by atoms with E-state index in [2.05, 4.69) is 0 Å². The van der Waals surface area contributed by atoms with Gasteiger partial charge in [0.2, 0.25) is 0 Å². The van der Waals surface area contributed by atoms with Crippen LogP contribution in [0.25, 0.3) is 0 Å². The minimum atomic E-state index is -0.215. The molecule has 0 saturated heterocycles. The molecule has 1 rings (SSSR count). The first-order valence-electron chi connectivity index (χ1n) is 4.05. The van der Waals surface area contributed by atoms with Gasteiger partial charge in [0.25, 0.3) is 0 Å². The Kier molecular flexibility index (Phi) is 3.16. The van der Waals surface area contributed by atoms with Crippen molar-refractivity contribution in [2.45, 2.75) is 44.3 Å². The third-order valence-electron chi connectivity index (χ3n) is 2.22. The molecule has 0 spiro atoms. The quantitative estimate of drug-likeness (QED) is 0.562. The number of hydrogen-bond donors (Lipinski definition) is 1. The molecule has 2 nitrogen and oxygen atoms in total. The number of aliphatic hydroxyl groups is 1. The normalized spacial score (nSPS) is 35.4. The molecule has 0 aromatic heterocycles. The molecule has 0 heterocycles. The van der Waals surface area contributed by atoms with Crippen LogP contribution in [-0.4, -0.2) is 24.4 Å². The number of hydrogen-bond acceptors (Lipinski definition) is 2. The van der Waals surface area contributed by atoms with Crippen LogP contribution in [-0.2, 0) is 4.74 Å². The largest absolute Gasteiger partial charge is 0.390 e. The molecule has 0 unspecified atom stereocenters. The highest BCUT2D eigenvalue weighted by Crippen LogP contribution is 2.19. The fourth-order valence-electron chi connectivity index (χ4n) is 1.53. The maximum absolute atomic E-state index is 9.42. The predicted molar refractivity (Wildman–Crippen MR) is 39.9 cm³/mol. The molecule has 0 aromatic rings. The van der Waals surface area contributed by atoms with Gasteiger partial charge in [-0.25, -0.2) is 0 Å². The summed E-state index contributed by atoms with van der Waals surface area (Å²) in [6.07, 6.45) is 5.43. The van der Waals surface area contributed by atoms with Crippen molar-refractivity contribution in [1.82, 2.24) is 0 Å². The minimum absolute atomic E-state index is 0.0995. The Hall–Kier alpha value is -0.0800. The van der Waals surface area contributed by atoms with Crippen LogP contribution in [0.3, 0.4) is 0 Å². The van der Waals surface area contributed by atoms with Crippen LogP contribution >= 0.6 is 0 Å². The number of aliphatic hydroxyl groups excluding tert-OH is 1. The van der Waals surface area contributed by atoms with Gasteiger partial charge >= 0.3 is 0 Å². The molecular formula is C8H16O2. The Labute approximate surface area is 62.2 Å². The van der Waals surface area contributed by atoms with E-state index in [0.29, 0.717) is 0 Å². The van der Waals surface area contributed by atoms with Gasteiger partial charge in [0.1, 0.15) is 0 Å². The Morgan fingerprint density at radius 1 is 1.20 bits per heavy atom. The lowest BCUT2D eigenvalue weighted by atomic mass is 10.1. The lowest BCUT2D eigenvalue weighted by Crippen LogP contribution is -2.26. The van der Waals surface area contributed by atoms with Gasteiger partial charge in [-0.05, 0) is 12.8 Å². The molecular weight excluding hydrogens is 128 g/mol. The van der Waals surface area contributed by atoms with E-state index in [-0.39, 0.29) is 12.2 Å². The topological polar surface area (TPSA) is 29.5 Å². The van der Waals surface area contributed by atoms with Crippen molar-refractivity contribution in [3.05, 3.63) is 0 Å². The molecule has 0 aliphatic heterocycles. The van der Waals surface area contributed by atoms with Gasteiger partial charge in [-0.3, -0.25) is 0 Å². The molecule has 0 amide bonds. The molecule has 0 aromatic carbocycles. The van der Waals surface area contributed by atoms with Crippen LogP contribution in [0.15, 0.2) is 0 Å². The summed E-state index contributed by atoms with van der Waals surface area (Å²) < 4.78 is 5.13. The third-order valence-corrected chi connectivity index (χ3v) is 2.22. The highest BCUT2D eigenvalue weighted by atomic mass is 16.5. The van der Waals surface area contributed by atoms with Crippen molar-refractivity contribution in [2.24, 2.45) is 0 Å². The van der Waals surface area contributed by atoms with Gasteiger partial charge in [-0.1, -0.05) is 19.3 Å². The molecule has 2 heteroatoms. The van der Waals surface area contributed by atoms with E-state index in [4.69, 9.17) is 4.74 Å². The summed E-state index contributed by atoms with van der Waals surface area (Å²) >= 11 is 0. The second kappa shape index (κ2) is 3.94. The van der Waals surface area contributed by atoms with Gasteiger partial charge in [0, 0.05) is 7.11 Å². The van der Waals surface area contributed by atoms with E-state index < -0.39 is 0 Å². The zero-order valence-corrected chi connectivity index (χ0v) is 6.55. The summed E-state index contributed by atoms with van der Waals surface area (Å²) in [5, 5.41) is 9.42. The van der Waals surface area contributed by atoms with E-state index in [0.717, 1.165) is 19.3 Å². The first-order valence-corrected chi connectivity index (χ1v) is 4.05. The van der Waals surface area contributed by atoms with Crippen LogP contribution in [0.1, 0.15) is 32.1 Å². The van der Waals surface area contributed by atoms with Crippen LogP contribution in [0.4, 0.5) is 0 Å². The summed E-state index contributed by atoms with van der Waals surface area (Å²) in [7, 11) is 1.68. The van der Waals surface area contributed by atoms with Crippen molar-refractivity contribution in [3.8, 4) is 0 Å². The zero-order chi connectivity index (χ0) is 7.40. The average molecular weight is 144 g/mol. The highest BCUT2D eigenvalue weighted by Gasteiger charge is 2.20. The second-order valence-corrected chi connectivity index (χ2v) is 2.98. The summed E-state index contributed by atoms with van der Waals surface area (Å²) in [6, 6.07) is 0. The average Bonchev–Trinajstić information content (AvgIpc) is 2.13. The molecule has 0 bridgehead atoms. The molecule has 1 fully saturated rings. The number of ether oxygens (including phenoxy) is 1. The van der Waals surface area contributed by atoms with Crippen molar-refractivity contribution in [3.63, 3.8) is 0 Å². The standard InChI is InChI=1S/C8H16O2/c1-10-8-6-4-2-3-5-7(8)9/h7-9H,2-6H2,1H3/t7-,8+/m0/s1. The fraction of sp³-hybridized carbons (Fsp3) is 1.00. The Bertz CT molecular complexity index is 93.3. The fourth-order valence-corrected chi connectivity index (χ4v) is 1.53. The first kappa shape index (κ1) is 8.02. The summed E-state index contributed by atoms with van der Waals surface area (Å²) in [4.78, 5) is 0. The van der Waals surface area contributed by atoms with Crippen LogP contribution in [0.2, 0.25) is 0 Å². The van der Waals surface area contributed by atoms with E-state index >= 15 is 0 Å². The molecule has 2 atom stereocenters. The number of rotatable bonds is 1. The minimum Gasteiger partial charge on any atom is -0.390 e. The third kappa shape index (κ3) is 1.96. The predicted octanol–water partition coefficient (Wildman–Crippen LogP) is 1.33. The van der Waals surface area contributed by atoms with Crippen molar-refractivity contribution < 1.29 is 9.84 Å². The van der Waals surface area contributed by atoms with Gasteiger partial charge in [-0.15, -0.1) is 0 Å². The Morgan fingerprint density at radius 2 is 1.90 bits per heavy atom. The zero-order valence-electron chi connectivity index (χ0n) is 6.55. The molecule has 1 N–H and O–H groups in total. The van der Waals surface area contributed by atoms with Crippen LogP contribution in [0, 0.1) is 0 Å². The molecule has 60 valence electrons. The van der Waals surface area contributed by atoms with Gasteiger partial charge in [0.15, 0.2) is 0 Å². The molecule has 10 heavy (non-hydrogen) atoms. The van der Waals surface area contributed by atoms with Gasteiger partial charge in [0.05, 0.1) is 12.2 Å². The lowest BCUT2D eigenvalue weighted by Gasteiger charge is -2.17. The molecule has 1 saturated carbocycles. The summed E-state index contributed by atoms with van der Waals surface area (Å²) in [5.74, 6) is 0. The maximum Gasteiger partial charge on any atom is 0.0830 e. The Morgan fingerprint density at radius 3 is 2.60 bits per heavy atom. The summed E-state index contributed by atoms with van der Waals surface area (Å²) in [5.41, 5.74) is 0. The van der Waals surface area contributed by atoms with E-state index in [1.165, 1.54) is 12.8 Å². The SMILES string of the molecule is CO[C@@H]1CCCCC[C@@H]1O.